The van der Waals surface area contributed by atoms with Gasteiger partial charge in [-0.1, -0.05) is 29.8 Å². The van der Waals surface area contributed by atoms with Crippen molar-refractivity contribution >= 4 is 11.6 Å². The summed E-state index contributed by atoms with van der Waals surface area (Å²) in [5.74, 6) is 2.61. The zero-order valence-electron chi connectivity index (χ0n) is 8.96. The first kappa shape index (κ1) is 12.1. The summed E-state index contributed by atoms with van der Waals surface area (Å²) in [4.78, 5) is 0. The minimum Gasteiger partial charge on any atom is -0.324 e. The third kappa shape index (κ3) is 3.27. The van der Waals surface area contributed by atoms with E-state index in [0.717, 1.165) is 35.4 Å². The van der Waals surface area contributed by atoms with E-state index in [4.69, 9.17) is 23.8 Å². The number of hydrogen-bond donors (Lipinski definition) is 1. The number of rotatable bonds is 4. The van der Waals surface area contributed by atoms with E-state index in [2.05, 4.69) is 5.92 Å². The predicted octanol–water partition coefficient (Wildman–Crippen LogP) is 3.45. The largest absolute Gasteiger partial charge is 0.324 e. The van der Waals surface area contributed by atoms with E-state index in [1.807, 2.05) is 25.1 Å². The van der Waals surface area contributed by atoms with Crippen molar-refractivity contribution in [2.24, 2.45) is 5.73 Å². The SMILES string of the molecule is C#CCCCC(N)c1cccc(C)c1Cl. The highest BCUT2D eigenvalue weighted by Gasteiger charge is 2.10. The van der Waals surface area contributed by atoms with Crippen molar-refractivity contribution in [3.05, 3.63) is 34.3 Å². The van der Waals surface area contributed by atoms with Gasteiger partial charge in [-0.25, -0.2) is 0 Å². The Bertz CT molecular complexity index is 365. The molecule has 2 N–H and O–H groups in total. The second-order valence-electron chi connectivity index (χ2n) is 3.68. The molecule has 0 radical (unpaired) electrons. The molecule has 0 spiro atoms. The zero-order chi connectivity index (χ0) is 11.3. The van der Waals surface area contributed by atoms with Crippen molar-refractivity contribution in [3.8, 4) is 12.3 Å². The average molecular weight is 222 g/mol. The lowest BCUT2D eigenvalue weighted by Gasteiger charge is -2.14. The molecule has 0 aliphatic carbocycles. The van der Waals surface area contributed by atoms with Gasteiger partial charge in [0.1, 0.15) is 0 Å². The predicted molar refractivity (Wildman–Crippen MR) is 65.8 cm³/mol. The van der Waals surface area contributed by atoms with Crippen LogP contribution in [0.2, 0.25) is 5.02 Å². The first-order chi connectivity index (χ1) is 7.16. The van der Waals surface area contributed by atoms with Crippen LogP contribution in [0.5, 0.6) is 0 Å². The van der Waals surface area contributed by atoms with Gasteiger partial charge in [-0.2, -0.15) is 0 Å². The van der Waals surface area contributed by atoms with E-state index in [9.17, 15) is 0 Å². The van der Waals surface area contributed by atoms with Gasteiger partial charge in [0.2, 0.25) is 0 Å². The first-order valence-electron chi connectivity index (χ1n) is 5.11. The van der Waals surface area contributed by atoms with Crippen LogP contribution in [0.15, 0.2) is 18.2 Å². The molecule has 1 aromatic rings. The van der Waals surface area contributed by atoms with Gasteiger partial charge in [0, 0.05) is 17.5 Å². The Morgan fingerprint density at radius 1 is 1.53 bits per heavy atom. The second kappa shape index (κ2) is 5.80. The molecule has 1 aromatic carbocycles. The fourth-order valence-electron chi connectivity index (χ4n) is 1.54. The standard InChI is InChI=1S/C13H16ClN/c1-3-4-5-9-12(15)11-8-6-7-10(2)13(11)14/h1,6-8,12H,4-5,9,15H2,2H3. The Morgan fingerprint density at radius 2 is 2.27 bits per heavy atom. The Balaban J connectivity index is 2.70. The summed E-state index contributed by atoms with van der Waals surface area (Å²) >= 11 is 6.18. The van der Waals surface area contributed by atoms with Crippen molar-refractivity contribution in [2.75, 3.05) is 0 Å². The maximum Gasteiger partial charge on any atom is 0.0482 e. The fourth-order valence-corrected chi connectivity index (χ4v) is 1.80. The maximum atomic E-state index is 6.18. The van der Waals surface area contributed by atoms with E-state index < -0.39 is 0 Å². The number of halogens is 1. The van der Waals surface area contributed by atoms with E-state index in [0.29, 0.717) is 0 Å². The first-order valence-corrected chi connectivity index (χ1v) is 5.48. The molecule has 0 saturated heterocycles. The summed E-state index contributed by atoms with van der Waals surface area (Å²) < 4.78 is 0. The normalized spacial score (nSPS) is 12.1. The van der Waals surface area contributed by atoms with Crippen LogP contribution in [-0.4, -0.2) is 0 Å². The molecule has 0 fully saturated rings. The van der Waals surface area contributed by atoms with E-state index in [1.165, 1.54) is 0 Å². The van der Waals surface area contributed by atoms with E-state index in [1.54, 1.807) is 0 Å². The molecule has 0 bridgehead atoms. The fraction of sp³-hybridized carbons (Fsp3) is 0.385. The van der Waals surface area contributed by atoms with Crippen molar-refractivity contribution in [1.29, 1.82) is 0 Å². The summed E-state index contributed by atoms with van der Waals surface area (Å²) in [6, 6.07) is 5.94. The molecule has 0 aliphatic rings. The minimum atomic E-state index is -0.00856. The number of terminal acetylenes is 1. The van der Waals surface area contributed by atoms with Crippen molar-refractivity contribution < 1.29 is 0 Å². The molecular weight excluding hydrogens is 206 g/mol. The van der Waals surface area contributed by atoms with Gasteiger partial charge in [0.25, 0.3) is 0 Å². The van der Waals surface area contributed by atoms with Gasteiger partial charge in [-0.05, 0) is 30.9 Å². The zero-order valence-corrected chi connectivity index (χ0v) is 9.72. The van der Waals surface area contributed by atoms with Crippen molar-refractivity contribution in [1.82, 2.24) is 0 Å². The van der Waals surface area contributed by atoms with Crippen LogP contribution in [0.3, 0.4) is 0 Å². The number of aryl methyl sites for hydroxylation is 1. The van der Waals surface area contributed by atoms with Crippen LogP contribution in [-0.2, 0) is 0 Å². The summed E-state index contributed by atoms with van der Waals surface area (Å²) in [6.45, 7) is 1.99. The highest BCUT2D eigenvalue weighted by atomic mass is 35.5. The monoisotopic (exact) mass is 221 g/mol. The summed E-state index contributed by atoms with van der Waals surface area (Å²) in [5.41, 5.74) is 8.15. The topological polar surface area (TPSA) is 26.0 Å². The van der Waals surface area contributed by atoms with E-state index >= 15 is 0 Å². The number of unbranched alkanes of at least 4 members (excludes halogenated alkanes) is 1. The molecule has 1 nitrogen and oxygen atoms in total. The summed E-state index contributed by atoms with van der Waals surface area (Å²) in [7, 11) is 0. The van der Waals surface area contributed by atoms with Gasteiger partial charge >= 0.3 is 0 Å². The van der Waals surface area contributed by atoms with Gasteiger partial charge in [0.15, 0.2) is 0 Å². The summed E-state index contributed by atoms with van der Waals surface area (Å²) in [5, 5.41) is 0.783. The van der Waals surface area contributed by atoms with Crippen LogP contribution in [0.4, 0.5) is 0 Å². The lowest BCUT2D eigenvalue weighted by atomic mass is 10.0. The molecule has 1 atom stereocenters. The lowest BCUT2D eigenvalue weighted by molar-refractivity contribution is 0.621. The molecule has 80 valence electrons. The highest BCUT2D eigenvalue weighted by Crippen LogP contribution is 2.27. The Morgan fingerprint density at radius 3 is 2.93 bits per heavy atom. The number of nitrogens with two attached hydrogens (primary N) is 1. The highest BCUT2D eigenvalue weighted by molar-refractivity contribution is 6.32. The Kier molecular flexibility index (Phi) is 4.68. The van der Waals surface area contributed by atoms with Gasteiger partial charge in [-0.3, -0.25) is 0 Å². The van der Waals surface area contributed by atoms with Gasteiger partial charge in [0.05, 0.1) is 0 Å². The molecule has 0 heterocycles. The van der Waals surface area contributed by atoms with Crippen LogP contribution >= 0.6 is 11.6 Å². The maximum absolute atomic E-state index is 6.18. The van der Waals surface area contributed by atoms with E-state index in [-0.39, 0.29) is 6.04 Å². The molecular formula is C13H16ClN. The molecule has 0 amide bonds. The quantitative estimate of drug-likeness (QED) is 0.612. The molecule has 0 aromatic heterocycles. The van der Waals surface area contributed by atoms with Crippen LogP contribution in [0, 0.1) is 19.3 Å². The molecule has 0 aliphatic heterocycles. The third-order valence-corrected chi connectivity index (χ3v) is 2.97. The molecule has 15 heavy (non-hydrogen) atoms. The van der Waals surface area contributed by atoms with Crippen LogP contribution in [0.1, 0.15) is 36.4 Å². The number of benzene rings is 1. The average Bonchev–Trinajstić information content (AvgIpc) is 2.22. The van der Waals surface area contributed by atoms with Crippen LogP contribution < -0.4 is 5.73 Å². The molecule has 2 heteroatoms. The van der Waals surface area contributed by atoms with Gasteiger partial charge < -0.3 is 5.73 Å². The smallest absolute Gasteiger partial charge is 0.0482 e. The summed E-state index contributed by atoms with van der Waals surface area (Å²) in [6.07, 6.45) is 7.79. The second-order valence-corrected chi connectivity index (χ2v) is 4.06. The molecule has 0 saturated carbocycles. The third-order valence-electron chi connectivity index (χ3n) is 2.46. The Labute approximate surface area is 96.6 Å². The number of hydrogen-bond acceptors (Lipinski definition) is 1. The van der Waals surface area contributed by atoms with Crippen molar-refractivity contribution in [2.45, 2.75) is 32.2 Å². The molecule has 1 rings (SSSR count). The van der Waals surface area contributed by atoms with Gasteiger partial charge in [-0.15, -0.1) is 12.3 Å². The van der Waals surface area contributed by atoms with Crippen molar-refractivity contribution in [3.63, 3.8) is 0 Å². The Hall–Kier alpha value is -0.970. The lowest BCUT2D eigenvalue weighted by Crippen LogP contribution is -2.11. The van der Waals surface area contributed by atoms with Crippen LogP contribution in [0.25, 0.3) is 0 Å². The minimum absolute atomic E-state index is 0.00856. The molecule has 1 unspecified atom stereocenters.